The Bertz CT molecular complexity index is 752. The molecular weight excluding hydrogens is 270 g/mol. The van der Waals surface area contributed by atoms with Gasteiger partial charge in [-0.25, -0.2) is 19.9 Å². The third-order valence-electron chi connectivity index (χ3n) is 2.94. The van der Waals surface area contributed by atoms with Crippen LogP contribution in [0.25, 0.3) is 11.0 Å². The van der Waals surface area contributed by atoms with Crippen LogP contribution in [0.1, 0.15) is 29.5 Å². The number of aromatic nitrogens is 4. The summed E-state index contributed by atoms with van der Waals surface area (Å²) in [7, 11) is 0. The topological polar surface area (TPSA) is 63.6 Å². The second kappa shape index (κ2) is 5.13. The number of hydrogen-bond donors (Lipinski definition) is 1. The maximum absolute atomic E-state index is 4.51. The van der Waals surface area contributed by atoms with Gasteiger partial charge in [0.2, 0.25) is 0 Å². The van der Waals surface area contributed by atoms with Gasteiger partial charge in [0, 0.05) is 17.3 Å². The molecular formula is C14H15N5S. The van der Waals surface area contributed by atoms with Crippen LogP contribution in [0.3, 0.4) is 0 Å². The van der Waals surface area contributed by atoms with Crippen molar-refractivity contribution in [3.05, 3.63) is 40.2 Å². The Hall–Kier alpha value is -2.08. The van der Waals surface area contributed by atoms with E-state index < -0.39 is 0 Å². The predicted octanol–water partition coefficient (Wildman–Crippen LogP) is 3.27. The molecule has 0 fully saturated rings. The Morgan fingerprint density at radius 2 is 2.05 bits per heavy atom. The molecule has 102 valence electrons. The highest BCUT2D eigenvalue weighted by Gasteiger charge is 2.13. The van der Waals surface area contributed by atoms with Crippen molar-refractivity contribution in [1.29, 1.82) is 0 Å². The van der Waals surface area contributed by atoms with Crippen LogP contribution in [0.2, 0.25) is 0 Å². The molecule has 0 bridgehead atoms. The predicted molar refractivity (Wildman–Crippen MR) is 81.0 cm³/mol. The molecule has 0 saturated carbocycles. The Balaban J connectivity index is 1.98. The SMILES string of the molecule is Cc1csc(C(C)Nc2nc(C)nc3ncccc23)n1. The maximum atomic E-state index is 4.51. The Morgan fingerprint density at radius 1 is 1.20 bits per heavy atom. The lowest BCUT2D eigenvalue weighted by molar-refractivity contribution is 0.853. The van der Waals surface area contributed by atoms with E-state index in [9.17, 15) is 0 Å². The van der Waals surface area contributed by atoms with Crippen LogP contribution in [0, 0.1) is 13.8 Å². The van der Waals surface area contributed by atoms with E-state index in [4.69, 9.17) is 0 Å². The van der Waals surface area contributed by atoms with Gasteiger partial charge in [-0.05, 0) is 32.9 Å². The van der Waals surface area contributed by atoms with Crippen LogP contribution in [0.5, 0.6) is 0 Å². The van der Waals surface area contributed by atoms with Gasteiger partial charge in [-0.2, -0.15) is 0 Å². The highest BCUT2D eigenvalue weighted by molar-refractivity contribution is 7.09. The molecule has 3 aromatic heterocycles. The highest BCUT2D eigenvalue weighted by atomic mass is 32.1. The summed E-state index contributed by atoms with van der Waals surface area (Å²) in [5, 5.41) is 7.45. The van der Waals surface area contributed by atoms with Crippen molar-refractivity contribution < 1.29 is 0 Å². The van der Waals surface area contributed by atoms with Crippen molar-refractivity contribution in [1.82, 2.24) is 19.9 Å². The number of nitrogens with zero attached hydrogens (tertiary/aromatic N) is 4. The minimum absolute atomic E-state index is 0.103. The zero-order valence-electron chi connectivity index (χ0n) is 11.6. The zero-order chi connectivity index (χ0) is 14.1. The molecule has 0 radical (unpaired) electrons. The number of hydrogen-bond acceptors (Lipinski definition) is 6. The first-order chi connectivity index (χ1) is 9.63. The first kappa shape index (κ1) is 12.9. The second-order valence-electron chi connectivity index (χ2n) is 4.69. The molecule has 1 unspecified atom stereocenters. The first-order valence-electron chi connectivity index (χ1n) is 6.41. The van der Waals surface area contributed by atoms with Crippen LogP contribution in [0.15, 0.2) is 23.7 Å². The summed E-state index contributed by atoms with van der Waals surface area (Å²) >= 11 is 1.65. The fourth-order valence-corrected chi connectivity index (χ4v) is 2.82. The van der Waals surface area contributed by atoms with Crippen molar-refractivity contribution >= 4 is 28.2 Å². The van der Waals surface area contributed by atoms with Gasteiger partial charge < -0.3 is 5.32 Å². The number of fused-ring (bicyclic) bond motifs is 1. The fraction of sp³-hybridized carbons (Fsp3) is 0.286. The summed E-state index contributed by atoms with van der Waals surface area (Å²) in [6, 6.07) is 3.97. The molecule has 5 nitrogen and oxygen atoms in total. The average molecular weight is 285 g/mol. The van der Waals surface area contributed by atoms with Crippen LogP contribution in [-0.2, 0) is 0 Å². The van der Waals surface area contributed by atoms with E-state index in [1.807, 2.05) is 26.0 Å². The molecule has 3 rings (SSSR count). The molecule has 0 amide bonds. The minimum Gasteiger partial charge on any atom is -0.360 e. The number of rotatable bonds is 3. The van der Waals surface area contributed by atoms with Gasteiger partial charge in [0.25, 0.3) is 0 Å². The van der Waals surface area contributed by atoms with Gasteiger partial charge >= 0.3 is 0 Å². The quantitative estimate of drug-likeness (QED) is 0.800. The third-order valence-corrected chi connectivity index (χ3v) is 4.09. The summed E-state index contributed by atoms with van der Waals surface area (Å²) in [6.45, 7) is 5.95. The summed E-state index contributed by atoms with van der Waals surface area (Å²) < 4.78 is 0. The van der Waals surface area contributed by atoms with E-state index in [1.165, 1.54) is 0 Å². The lowest BCUT2D eigenvalue weighted by Crippen LogP contribution is -2.09. The number of nitrogens with one attached hydrogen (secondary N) is 1. The van der Waals surface area contributed by atoms with Crippen molar-refractivity contribution in [2.75, 3.05) is 5.32 Å². The zero-order valence-corrected chi connectivity index (χ0v) is 12.4. The van der Waals surface area contributed by atoms with Crippen molar-refractivity contribution in [2.24, 2.45) is 0 Å². The average Bonchev–Trinajstić information content (AvgIpc) is 2.85. The molecule has 0 aliphatic carbocycles. The van der Waals surface area contributed by atoms with Crippen molar-refractivity contribution in [3.63, 3.8) is 0 Å². The minimum atomic E-state index is 0.103. The van der Waals surface area contributed by atoms with Gasteiger partial charge in [-0.15, -0.1) is 11.3 Å². The van der Waals surface area contributed by atoms with Gasteiger partial charge in [-0.3, -0.25) is 0 Å². The van der Waals surface area contributed by atoms with E-state index >= 15 is 0 Å². The Labute approximate surface area is 121 Å². The van der Waals surface area contributed by atoms with E-state index in [0.717, 1.165) is 21.9 Å². The van der Waals surface area contributed by atoms with Crippen LogP contribution in [-0.4, -0.2) is 19.9 Å². The maximum Gasteiger partial charge on any atom is 0.164 e. The molecule has 0 saturated heterocycles. The first-order valence-corrected chi connectivity index (χ1v) is 7.29. The Morgan fingerprint density at radius 3 is 2.80 bits per heavy atom. The normalized spacial score (nSPS) is 12.6. The summed E-state index contributed by atoms with van der Waals surface area (Å²) in [5.41, 5.74) is 1.76. The summed E-state index contributed by atoms with van der Waals surface area (Å²) in [5.74, 6) is 1.52. The molecule has 0 aromatic carbocycles. The number of aryl methyl sites for hydroxylation is 2. The van der Waals surface area contributed by atoms with Crippen LogP contribution < -0.4 is 5.32 Å². The van der Waals surface area contributed by atoms with E-state index in [-0.39, 0.29) is 6.04 Å². The molecule has 0 aliphatic rings. The smallest absolute Gasteiger partial charge is 0.164 e. The molecule has 0 spiro atoms. The van der Waals surface area contributed by atoms with Crippen molar-refractivity contribution in [3.8, 4) is 0 Å². The largest absolute Gasteiger partial charge is 0.360 e. The van der Waals surface area contributed by atoms with E-state index in [0.29, 0.717) is 11.5 Å². The highest BCUT2D eigenvalue weighted by Crippen LogP contribution is 2.25. The lowest BCUT2D eigenvalue weighted by Gasteiger charge is -2.14. The standard InChI is InChI=1S/C14H15N5S/c1-8-7-20-14(16-8)9(2)17-13-11-5-4-6-15-12(11)18-10(3)19-13/h4-7,9H,1-3H3,(H,15,17,18,19). The van der Waals surface area contributed by atoms with Gasteiger partial charge in [0.05, 0.1) is 11.4 Å². The molecule has 3 heterocycles. The molecule has 20 heavy (non-hydrogen) atoms. The molecule has 1 atom stereocenters. The van der Waals surface area contributed by atoms with Crippen molar-refractivity contribution in [2.45, 2.75) is 26.8 Å². The summed E-state index contributed by atoms with van der Waals surface area (Å²) in [6.07, 6.45) is 1.74. The lowest BCUT2D eigenvalue weighted by atomic mass is 10.2. The second-order valence-corrected chi connectivity index (χ2v) is 5.58. The van der Waals surface area contributed by atoms with Crippen LogP contribution >= 0.6 is 11.3 Å². The Kier molecular flexibility index (Phi) is 3.31. The molecule has 0 aliphatic heterocycles. The fourth-order valence-electron chi connectivity index (χ4n) is 2.02. The summed E-state index contributed by atoms with van der Waals surface area (Å²) in [4.78, 5) is 17.6. The third kappa shape index (κ3) is 2.46. The number of anilines is 1. The van der Waals surface area contributed by atoms with E-state index in [2.05, 4.69) is 37.6 Å². The molecule has 6 heteroatoms. The number of thiazole rings is 1. The van der Waals surface area contributed by atoms with Crippen LogP contribution in [0.4, 0.5) is 5.82 Å². The number of pyridine rings is 1. The van der Waals surface area contributed by atoms with Gasteiger partial charge in [0.15, 0.2) is 5.65 Å². The van der Waals surface area contributed by atoms with E-state index in [1.54, 1.807) is 17.5 Å². The van der Waals surface area contributed by atoms with Gasteiger partial charge in [0.1, 0.15) is 16.6 Å². The van der Waals surface area contributed by atoms with Gasteiger partial charge in [-0.1, -0.05) is 0 Å². The monoisotopic (exact) mass is 285 g/mol. The molecule has 1 N–H and O–H groups in total. The molecule has 3 aromatic rings.